The van der Waals surface area contributed by atoms with Crippen molar-refractivity contribution in [3.63, 3.8) is 0 Å². The van der Waals surface area contributed by atoms with Crippen LogP contribution in [-0.2, 0) is 0 Å². The van der Waals surface area contributed by atoms with Gasteiger partial charge in [0.05, 0.1) is 0 Å². The SMILES string of the molecule is CSc1ccc(-c2cc(=O)c3ccccc3s2)cc1. The van der Waals surface area contributed by atoms with Gasteiger partial charge in [0.2, 0.25) is 0 Å². The highest BCUT2D eigenvalue weighted by Crippen LogP contribution is 2.29. The third-order valence-corrected chi connectivity index (χ3v) is 4.90. The molecular weight excluding hydrogens is 272 g/mol. The van der Waals surface area contributed by atoms with E-state index in [-0.39, 0.29) is 5.43 Å². The summed E-state index contributed by atoms with van der Waals surface area (Å²) in [6, 6.07) is 17.8. The zero-order valence-electron chi connectivity index (χ0n) is 10.4. The van der Waals surface area contributed by atoms with E-state index in [2.05, 4.69) is 30.5 Å². The van der Waals surface area contributed by atoms with Crippen molar-refractivity contribution in [3.05, 3.63) is 64.8 Å². The normalized spacial score (nSPS) is 10.8. The Kier molecular flexibility index (Phi) is 3.40. The van der Waals surface area contributed by atoms with Crippen molar-refractivity contribution in [2.24, 2.45) is 0 Å². The molecule has 0 saturated carbocycles. The molecule has 0 radical (unpaired) electrons. The summed E-state index contributed by atoms with van der Waals surface area (Å²) in [6.45, 7) is 0. The lowest BCUT2D eigenvalue weighted by atomic mass is 10.2. The number of benzene rings is 2. The summed E-state index contributed by atoms with van der Waals surface area (Å²) in [6.07, 6.45) is 2.06. The van der Waals surface area contributed by atoms with Crippen molar-refractivity contribution in [1.29, 1.82) is 0 Å². The quantitative estimate of drug-likeness (QED) is 0.637. The van der Waals surface area contributed by atoms with Crippen LogP contribution in [0, 0.1) is 0 Å². The van der Waals surface area contributed by atoms with Crippen LogP contribution in [-0.4, -0.2) is 6.26 Å². The van der Waals surface area contributed by atoms with E-state index in [0.29, 0.717) is 0 Å². The lowest BCUT2D eigenvalue weighted by molar-refractivity contribution is 1.47. The standard InChI is InChI=1S/C16H12OS2/c1-18-12-8-6-11(7-9-12)16-10-14(17)13-4-2-3-5-15(13)19-16/h2-10H,1H3. The van der Waals surface area contributed by atoms with E-state index >= 15 is 0 Å². The van der Waals surface area contributed by atoms with Gasteiger partial charge in [-0.25, -0.2) is 0 Å². The smallest absolute Gasteiger partial charge is 0.188 e. The number of thioether (sulfide) groups is 1. The molecule has 94 valence electrons. The molecule has 0 fully saturated rings. The Bertz CT molecular complexity index is 773. The summed E-state index contributed by atoms with van der Waals surface area (Å²) >= 11 is 3.38. The zero-order chi connectivity index (χ0) is 13.2. The highest BCUT2D eigenvalue weighted by molar-refractivity contribution is 7.98. The Balaban J connectivity index is 2.16. The van der Waals surface area contributed by atoms with E-state index in [1.54, 1.807) is 29.2 Å². The van der Waals surface area contributed by atoms with Gasteiger partial charge >= 0.3 is 0 Å². The fourth-order valence-corrected chi connectivity index (χ4v) is 3.49. The van der Waals surface area contributed by atoms with Gasteiger partial charge in [-0.2, -0.15) is 0 Å². The number of hydrogen-bond acceptors (Lipinski definition) is 3. The molecule has 0 bridgehead atoms. The molecule has 0 aliphatic heterocycles. The molecule has 3 rings (SSSR count). The fourth-order valence-electron chi connectivity index (χ4n) is 2.00. The summed E-state index contributed by atoms with van der Waals surface area (Å²) in [5, 5.41) is 0.803. The van der Waals surface area contributed by atoms with E-state index in [4.69, 9.17) is 0 Å². The lowest BCUT2D eigenvalue weighted by Crippen LogP contribution is -1.98. The predicted molar refractivity (Wildman–Crippen MR) is 85.3 cm³/mol. The third kappa shape index (κ3) is 2.44. The molecule has 0 aliphatic carbocycles. The summed E-state index contributed by atoms with van der Waals surface area (Å²) in [4.78, 5) is 14.4. The number of hydrogen-bond donors (Lipinski definition) is 0. The second-order valence-corrected chi connectivity index (χ2v) is 6.16. The minimum absolute atomic E-state index is 0.0956. The molecule has 0 aliphatic rings. The van der Waals surface area contributed by atoms with Crippen LogP contribution in [0.3, 0.4) is 0 Å². The first-order valence-corrected chi connectivity index (χ1v) is 7.99. The molecule has 1 aromatic heterocycles. The van der Waals surface area contributed by atoms with E-state index in [1.165, 1.54) is 4.90 Å². The monoisotopic (exact) mass is 284 g/mol. The number of fused-ring (bicyclic) bond motifs is 1. The van der Waals surface area contributed by atoms with Crippen LogP contribution in [0.15, 0.2) is 64.3 Å². The Hall–Kier alpha value is -1.58. The van der Waals surface area contributed by atoms with E-state index in [9.17, 15) is 4.79 Å². The minimum atomic E-state index is 0.0956. The van der Waals surface area contributed by atoms with Crippen LogP contribution >= 0.6 is 23.1 Å². The van der Waals surface area contributed by atoms with Gasteiger partial charge in [-0.15, -0.1) is 23.1 Å². The Morgan fingerprint density at radius 1 is 1.00 bits per heavy atom. The van der Waals surface area contributed by atoms with E-state index in [0.717, 1.165) is 20.5 Å². The molecule has 0 N–H and O–H groups in total. The maximum absolute atomic E-state index is 12.1. The summed E-state index contributed by atoms with van der Waals surface area (Å²) in [7, 11) is 0. The van der Waals surface area contributed by atoms with Crippen molar-refractivity contribution < 1.29 is 0 Å². The minimum Gasteiger partial charge on any atom is -0.289 e. The second kappa shape index (κ2) is 5.19. The van der Waals surface area contributed by atoms with Gasteiger partial charge in [-0.05, 0) is 36.1 Å². The van der Waals surface area contributed by atoms with E-state index in [1.807, 2.05) is 24.3 Å². The van der Waals surface area contributed by atoms with Gasteiger partial charge < -0.3 is 0 Å². The molecule has 0 spiro atoms. The van der Waals surface area contributed by atoms with Crippen molar-refractivity contribution >= 4 is 33.2 Å². The van der Waals surface area contributed by atoms with E-state index < -0.39 is 0 Å². The first kappa shape index (κ1) is 12.5. The summed E-state index contributed by atoms with van der Waals surface area (Å²) < 4.78 is 1.04. The van der Waals surface area contributed by atoms with Gasteiger partial charge in [0.1, 0.15) is 0 Å². The average Bonchev–Trinajstić information content (AvgIpc) is 2.47. The lowest BCUT2D eigenvalue weighted by Gasteiger charge is -2.03. The molecule has 0 amide bonds. The molecule has 3 aromatic rings. The summed E-state index contributed by atoms with van der Waals surface area (Å²) in [5.41, 5.74) is 1.20. The maximum atomic E-state index is 12.1. The third-order valence-electron chi connectivity index (χ3n) is 3.01. The molecule has 3 heteroatoms. The first-order chi connectivity index (χ1) is 9.28. The van der Waals surface area contributed by atoms with Crippen LogP contribution < -0.4 is 5.43 Å². The molecule has 1 nitrogen and oxygen atoms in total. The van der Waals surface area contributed by atoms with Crippen molar-refractivity contribution in [2.75, 3.05) is 6.26 Å². The second-order valence-electron chi connectivity index (χ2n) is 4.20. The van der Waals surface area contributed by atoms with Crippen LogP contribution in [0.1, 0.15) is 0 Å². The van der Waals surface area contributed by atoms with Gasteiger partial charge in [-0.1, -0.05) is 24.3 Å². The molecule has 2 aromatic carbocycles. The van der Waals surface area contributed by atoms with Gasteiger partial charge in [-0.3, -0.25) is 4.79 Å². The highest BCUT2D eigenvalue weighted by Gasteiger charge is 2.04. The van der Waals surface area contributed by atoms with Crippen molar-refractivity contribution in [1.82, 2.24) is 0 Å². The molecule has 0 saturated heterocycles. The Morgan fingerprint density at radius 2 is 1.74 bits per heavy atom. The molecule has 0 unspecified atom stereocenters. The first-order valence-electron chi connectivity index (χ1n) is 5.95. The van der Waals surface area contributed by atoms with Gasteiger partial charge in [0.15, 0.2) is 5.43 Å². The zero-order valence-corrected chi connectivity index (χ0v) is 12.1. The van der Waals surface area contributed by atoms with Crippen LogP contribution in [0.5, 0.6) is 0 Å². The largest absolute Gasteiger partial charge is 0.289 e. The fraction of sp³-hybridized carbons (Fsp3) is 0.0625. The maximum Gasteiger partial charge on any atom is 0.188 e. The van der Waals surface area contributed by atoms with Gasteiger partial charge in [0.25, 0.3) is 0 Å². The average molecular weight is 284 g/mol. The topological polar surface area (TPSA) is 17.1 Å². The predicted octanol–water partition coefficient (Wildman–Crippen LogP) is 4.65. The van der Waals surface area contributed by atoms with Crippen LogP contribution in [0.2, 0.25) is 0 Å². The van der Waals surface area contributed by atoms with Crippen LogP contribution in [0.4, 0.5) is 0 Å². The van der Waals surface area contributed by atoms with Gasteiger partial charge in [0, 0.05) is 25.9 Å². The molecular formula is C16H12OS2. The molecule has 19 heavy (non-hydrogen) atoms. The van der Waals surface area contributed by atoms with Crippen molar-refractivity contribution in [2.45, 2.75) is 4.90 Å². The highest BCUT2D eigenvalue weighted by atomic mass is 32.2. The van der Waals surface area contributed by atoms with Crippen molar-refractivity contribution in [3.8, 4) is 10.4 Å². The molecule has 1 heterocycles. The number of rotatable bonds is 2. The molecule has 0 atom stereocenters. The van der Waals surface area contributed by atoms with Crippen LogP contribution in [0.25, 0.3) is 20.5 Å². The Labute approximate surface area is 119 Å². The Morgan fingerprint density at radius 3 is 2.47 bits per heavy atom. The summed E-state index contributed by atoms with van der Waals surface area (Å²) in [5.74, 6) is 0.